The summed E-state index contributed by atoms with van der Waals surface area (Å²) in [6, 6.07) is 9.63. The quantitative estimate of drug-likeness (QED) is 0.443. The number of hydrogen-bond acceptors (Lipinski definition) is 6. The molecule has 2 heterocycles. The minimum Gasteiger partial charge on any atom is -0.481 e. The maximum Gasteiger partial charge on any atom is 0.263 e. The first-order chi connectivity index (χ1) is 16.7. The van der Waals surface area contributed by atoms with Gasteiger partial charge in [0.05, 0.1) is 0 Å². The van der Waals surface area contributed by atoms with Crippen LogP contribution in [0.2, 0.25) is 0 Å². The van der Waals surface area contributed by atoms with Gasteiger partial charge in [-0.3, -0.25) is 14.9 Å². The van der Waals surface area contributed by atoms with Gasteiger partial charge < -0.3 is 14.1 Å². The Morgan fingerprint density at radius 2 is 1.86 bits per heavy atom. The predicted octanol–water partition coefficient (Wildman–Crippen LogP) is 4.87. The smallest absolute Gasteiger partial charge is 0.263 e. The van der Waals surface area contributed by atoms with E-state index < -0.39 is 29.0 Å². The van der Waals surface area contributed by atoms with Gasteiger partial charge in [0, 0.05) is 11.5 Å². The minimum absolute atomic E-state index is 0.152. The highest BCUT2D eigenvalue weighted by molar-refractivity contribution is 9.10. The molecule has 1 saturated heterocycles. The fourth-order valence-corrected chi connectivity index (χ4v) is 4.34. The van der Waals surface area contributed by atoms with Gasteiger partial charge in [-0.15, -0.1) is 0 Å². The summed E-state index contributed by atoms with van der Waals surface area (Å²) in [4.78, 5) is 31.4. The number of rotatable bonds is 6. The lowest BCUT2D eigenvalue weighted by atomic mass is 9.96. The van der Waals surface area contributed by atoms with E-state index in [4.69, 9.17) is 9.15 Å². The fourth-order valence-electron chi connectivity index (χ4n) is 3.83. The van der Waals surface area contributed by atoms with E-state index in [0.29, 0.717) is 36.3 Å². The molecule has 7 nitrogen and oxygen atoms in total. The van der Waals surface area contributed by atoms with Crippen LogP contribution in [0.25, 0.3) is 11.3 Å². The summed E-state index contributed by atoms with van der Waals surface area (Å²) < 4.78 is 40.7. The van der Waals surface area contributed by atoms with E-state index in [0.717, 1.165) is 23.3 Å². The largest absolute Gasteiger partial charge is 0.481 e. The molecule has 3 aromatic rings. The van der Waals surface area contributed by atoms with Crippen LogP contribution in [-0.2, 0) is 11.4 Å². The average molecular weight is 548 g/mol. The number of carbonyl (C=O) groups excluding carboxylic acids is 2. The zero-order valence-corrected chi connectivity index (χ0v) is 20.8. The Labute approximate surface area is 209 Å². The molecule has 4 rings (SSSR count). The normalized spacial score (nSPS) is 14.7. The lowest BCUT2D eigenvalue weighted by molar-refractivity contribution is -0.125. The van der Waals surface area contributed by atoms with Crippen molar-refractivity contribution in [2.75, 3.05) is 20.1 Å². The number of likely N-dealkylation sites (tertiary alicyclic amines) is 1. The predicted molar refractivity (Wildman–Crippen MR) is 128 cm³/mol. The first-order valence-electron chi connectivity index (χ1n) is 11.1. The lowest BCUT2D eigenvalue weighted by Gasteiger charge is -2.27. The zero-order valence-electron chi connectivity index (χ0n) is 19.2. The number of piperidine rings is 1. The van der Waals surface area contributed by atoms with Gasteiger partial charge in [-0.1, -0.05) is 29.8 Å². The maximum absolute atomic E-state index is 15.0. The lowest BCUT2D eigenvalue weighted by Crippen LogP contribution is -2.41. The van der Waals surface area contributed by atoms with Crippen molar-refractivity contribution in [1.29, 1.82) is 0 Å². The van der Waals surface area contributed by atoms with Crippen molar-refractivity contribution in [3.63, 3.8) is 0 Å². The molecule has 0 atom stereocenters. The van der Waals surface area contributed by atoms with Crippen LogP contribution < -0.4 is 10.1 Å². The molecular formula is C25H24BrF2N3O4. The molecule has 1 aliphatic heterocycles. The van der Waals surface area contributed by atoms with Crippen molar-refractivity contribution in [3.8, 4) is 17.0 Å². The van der Waals surface area contributed by atoms with Gasteiger partial charge in [-0.25, -0.2) is 13.8 Å². The van der Waals surface area contributed by atoms with Crippen LogP contribution >= 0.6 is 15.9 Å². The molecule has 2 amide bonds. The molecule has 0 saturated carbocycles. The van der Waals surface area contributed by atoms with Crippen LogP contribution in [0, 0.1) is 24.5 Å². The van der Waals surface area contributed by atoms with Gasteiger partial charge in [0.15, 0.2) is 22.8 Å². The number of nitrogens with one attached hydrogen (secondary N) is 1. The number of aromatic nitrogens is 1. The molecule has 1 aliphatic rings. The zero-order chi connectivity index (χ0) is 25.1. The Kier molecular flexibility index (Phi) is 7.61. The van der Waals surface area contributed by atoms with Crippen LogP contribution in [0.3, 0.4) is 0 Å². The number of ether oxygens (including phenoxy) is 1. The van der Waals surface area contributed by atoms with Gasteiger partial charge in [-0.2, -0.15) is 0 Å². The summed E-state index contributed by atoms with van der Waals surface area (Å²) in [5.41, 5.74) is 1.59. The fraction of sp³-hybridized carbons (Fsp3) is 0.320. The van der Waals surface area contributed by atoms with Crippen LogP contribution in [0.15, 0.2) is 45.5 Å². The molecule has 1 N–H and O–H groups in total. The first-order valence-corrected chi connectivity index (χ1v) is 11.9. The molecule has 0 bridgehead atoms. The Hall–Kier alpha value is -3.11. The number of amides is 2. The number of benzene rings is 2. The Morgan fingerprint density at radius 3 is 2.54 bits per heavy atom. The van der Waals surface area contributed by atoms with Crippen molar-refractivity contribution in [1.82, 2.24) is 15.2 Å². The van der Waals surface area contributed by atoms with E-state index in [9.17, 15) is 14.0 Å². The molecule has 1 aromatic heterocycles. The van der Waals surface area contributed by atoms with E-state index >= 15 is 4.39 Å². The molecule has 0 aliphatic carbocycles. The number of imide groups is 1. The molecule has 35 heavy (non-hydrogen) atoms. The molecule has 2 aromatic carbocycles. The van der Waals surface area contributed by atoms with Gasteiger partial charge in [0.1, 0.15) is 17.1 Å². The third-order valence-electron chi connectivity index (χ3n) is 5.92. The summed E-state index contributed by atoms with van der Waals surface area (Å²) in [6.45, 7) is 3.13. The van der Waals surface area contributed by atoms with Gasteiger partial charge >= 0.3 is 0 Å². The Balaban J connectivity index is 1.45. The molecule has 184 valence electrons. The first kappa shape index (κ1) is 25.0. The SMILES string of the molecule is Cc1ccc(-c2nc(COc3ccc(F)c(C(=O)NC(=O)C4CCN(C)CC4)c3F)oc2Br)cc1. The summed E-state index contributed by atoms with van der Waals surface area (Å²) in [7, 11) is 1.94. The summed E-state index contributed by atoms with van der Waals surface area (Å²) in [5.74, 6) is -4.58. The Bertz CT molecular complexity index is 1240. The number of nitrogens with zero attached hydrogens (tertiary/aromatic N) is 2. The van der Waals surface area contributed by atoms with Gasteiger partial charge in [0.25, 0.3) is 5.91 Å². The highest BCUT2D eigenvalue weighted by Crippen LogP contribution is 2.30. The van der Waals surface area contributed by atoms with Gasteiger partial charge in [-0.05, 0) is 68.0 Å². The molecule has 10 heteroatoms. The highest BCUT2D eigenvalue weighted by atomic mass is 79.9. The topological polar surface area (TPSA) is 84.7 Å². The molecular weight excluding hydrogens is 524 g/mol. The number of hydrogen-bond donors (Lipinski definition) is 1. The number of aryl methyl sites for hydroxylation is 1. The van der Waals surface area contributed by atoms with Gasteiger partial charge in [0.2, 0.25) is 11.8 Å². The van der Waals surface area contributed by atoms with Crippen molar-refractivity contribution in [2.45, 2.75) is 26.4 Å². The third-order valence-corrected chi connectivity index (χ3v) is 6.45. The minimum atomic E-state index is -1.21. The maximum atomic E-state index is 15.0. The number of oxazole rings is 1. The van der Waals surface area contributed by atoms with Crippen molar-refractivity contribution in [3.05, 3.63) is 69.7 Å². The van der Waals surface area contributed by atoms with Crippen LogP contribution in [0.5, 0.6) is 5.75 Å². The van der Waals surface area contributed by atoms with E-state index in [1.165, 1.54) is 0 Å². The molecule has 0 spiro atoms. The summed E-state index contributed by atoms with van der Waals surface area (Å²) in [6.07, 6.45) is 1.14. The molecule has 0 radical (unpaired) electrons. The summed E-state index contributed by atoms with van der Waals surface area (Å²) >= 11 is 3.32. The Morgan fingerprint density at radius 1 is 1.17 bits per heavy atom. The second-order valence-electron chi connectivity index (χ2n) is 8.52. The van der Waals surface area contributed by atoms with Crippen LogP contribution in [-0.4, -0.2) is 41.8 Å². The average Bonchev–Trinajstić information content (AvgIpc) is 3.20. The van der Waals surface area contributed by atoms with Crippen LogP contribution in [0.4, 0.5) is 8.78 Å². The molecule has 0 unspecified atom stereocenters. The monoisotopic (exact) mass is 547 g/mol. The number of halogens is 3. The van der Waals surface area contributed by atoms with Crippen molar-refractivity contribution in [2.24, 2.45) is 5.92 Å². The van der Waals surface area contributed by atoms with Crippen LogP contribution in [0.1, 0.15) is 34.7 Å². The van der Waals surface area contributed by atoms with E-state index in [2.05, 4.69) is 31.1 Å². The summed E-state index contributed by atoms with van der Waals surface area (Å²) in [5, 5.41) is 2.13. The second kappa shape index (κ2) is 10.7. The van der Waals surface area contributed by atoms with Crippen molar-refractivity contribution < 1.29 is 27.5 Å². The third kappa shape index (κ3) is 5.76. The standard InChI is InChI=1S/C25H24BrF2N3O4/c1-14-3-5-15(6-4-14)22-23(26)35-19(29-22)13-34-18-8-7-17(27)20(21(18)28)25(33)30-24(32)16-9-11-31(2)12-10-16/h3-8,16H,9-13H2,1-2H3,(H,30,32,33). The number of carbonyl (C=O) groups is 2. The molecule has 1 fully saturated rings. The van der Waals surface area contributed by atoms with E-state index in [1.807, 2.05) is 38.2 Å². The highest BCUT2D eigenvalue weighted by Gasteiger charge is 2.28. The van der Waals surface area contributed by atoms with E-state index in [-0.39, 0.29) is 24.2 Å². The van der Waals surface area contributed by atoms with Crippen molar-refractivity contribution >= 4 is 27.7 Å². The second-order valence-corrected chi connectivity index (χ2v) is 9.24. The van der Waals surface area contributed by atoms with E-state index in [1.54, 1.807) is 0 Å².